The summed E-state index contributed by atoms with van der Waals surface area (Å²) in [4.78, 5) is 32.3. The smallest absolute Gasteiger partial charge is 0.327 e. The number of carbonyl (C=O) groups is 2. The van der Waals surface area contributed by atoms with Gasteiger partial charge in [0.15, 0.2) is 5.41 Å². The second kappa shape index (κ2) is 6.63. The molecule has 0 atom stereocenters. The lowest BCUT2D eigenvalue weighted by atomic mass is 9.79. The number of morpholine rings is 1. The monoisotopic (exact) mass is 348 g/mol. The summed E-state index contributed by atoms with van der Waals surface area (Å²) in [5, 5.41) is 0. The molecule has 0 unspecified atom stereocenters. The molecule has 1 aliphatic heterocycles. The van der Waals surface area contributed by atoms with Gasteiger partial charge < -0.3 is 19.1 Å². The summed E-state index contributed by atoms with van der Waals surface area (Å²) in [6.07, 6.45) is 0.945. The number of esters is 2. The van der Waals surface area contributed by atoms with Gasteiger partial charge in [0, 0.05) is 18.8 Å². The van der Waals surface area contributed by atoms with Crippen molar-refractivity contribution in [3.8, 4) is 0 Å². The fraction of sp³-hybridized carbons (Fsp3) is 0.611. The van der Waals surface area contributed by atoms with Crippen molar-refractivity contribution in [1.82, 2.24) is 4.98 Å². The summed E-state index contributed by atoms with van der Waals surface area (Å²) >= 11 is 0. The van der Waals surface area contributed by atoms with E-state index in [1.165, 1.54) is 14.2 Å². The van der Waals surface area contributed by atoms with Crippen molar-refractivity contribution in [3.63, 3.8) is 0 Å². The van der Waals surface area contributed by atoms with Crippen molar-refractivity contribution >= 4 is 17.8 Å². The van der Waals surface area contributed by atoms with Crippen LogP contribution in [0.2, 0.25) is 0 Å². The van der Waals surface area contributed by atoms with Gasteiger partial charge in [0.2, 0.25) is 0 Å². The Morgan fingerprint density at radius 2 is 1.72 bits per heavy atom. The Bertz CT molecular complexity index is 694. The van der Waals surface area contributed by atoms with Crippen molar-refractivity contribution in [2.45, 2.75) is 32.1 Å². The second-order valence-electron chi connectivity index (χ2n) is 6.49. The van der Waals surface area contributed by atoms with Crippen LogP contribution in [0.3, 0.4) is 0 Å². The van der Waals surface area contributed by atoms with Gasteiger partial charge in [-0.15, -0.1) is 0 Å². The summed E-state index contributed by atoms with van der Waals surface area (Å²) in [7, 11) is 2.61. The van der Waals surface area contributed by atoms with Crippen LogP contribution in [0.5, 0.6) is 0 Å². The van der Waals surface area contributed by atoms with Crippen LogP contribution < -0.4 is 4.90 Å². The van der Waals surface area contributed by atoms with Gasteiger partial charge in [-0.25, -0.2) is 4.98 Å². The highest BCUT2D eigenvalue weighted by Crippen LogP contribution is 2.46. The van der Waals surface area contributed by atoms with Crippen molar-refractivity contribution in [2.75, 3.05) is 45.4 Å². The van der Waals surface area contributed by atoms with E-state index in [1.807, 2.05) is 13.8 Å². The Balaban J connectivity index is 2.21. The fourth-order valence-electron chi connectivity index (χ4n) is 4.07. The van der Waals surface area contributed by atoms with Crippen molar-refractivity contribution in [3.05, 3.63) is 22.4 Å². The lowest BCUT2D eigenvalue weighted by Crippen LogP contribution is -2.45. The fourth-order valence-corrected chi connectivity index (χ4v) is 4.07. The van der Waals surface area contributed by atoms with Gasteiger partial charge >= 0.3 is 11.9 Å². The quantitative estimate of drug-likeness (QED) is 0.597. The topological polar surface area (TPSA) is 78.0 Å². The van der Waals surface area contributed by atoms with Crippen molar-refractivity contribution in [1.29, 1.82) is 0 Å². The zero-order valence-corrected chi connectivity index (χ0v) is 15.2. The number of hydrogen-bond acceptors (Lipinski definition) is 7. The van der Waals surface area contributed by atoms with Crippen LogP contribution in [0.4, 0.5) is 5.82 Å². The maximum absolute atomic E-state index is 12.7. The van der Waals surface area contributed by atoms with E-state index >= 15 is 0 Å². The molecule has 1 aliphatic carbocycles. The van der Waals surface area contributed by atoms with E-state index in [0.717, 1.165) is 35.7 Å². The SMILES string of the molecule is COC(=O)C1(C(=O)OC)CCc2c(C)nc(N3CCOCC3)c(C)c21. The molecule has 0 saturated carbocycles. The first-order valence-electron chi connectivity index (χ1n) is 8.47. The van der Waals surface area contributed by atoms with Gasteiger partial charge in [-0.2, -0.15) is 0 Å². The highest BCUT2D eigenvalue weighted by Gasteiger charge is 2.56. The summed E-state index contributed by atoms with van der Waals surface area (Å²) in [5.41, 5.74) is 1.94. The highest BCUT2D eigenvalue weighted by atomic mass is 16.5. The van der Waals surface area contributed by atoms with Crippen LogP contribution in [0, 0.1) is 13.8 Å². The zero-order valence-electron chi connectivity index (χ0n) is 15.2. The molecular weight excluding hydrogens is 324 g/mol. The molecule has 7 heteroatoms. The molecule has 2 aliphatic rings. The number of rotatable bonds is 3. The van der Waals surface area contributed by atoms with Crippen LogP contribution in [-0.2, 0) is 35.6 Å². The number of hydrogen-bond donors (Lipinski definition) is 0. The molecular formula is C18H24N2O5. The number of ether oxygens (including phenoxy) is 3. The van der Waals surface area contributed by atoms with Crippen LogP contribution in [-0.4, -0.2) is 57.4 Å². The Hall–Kier alpha value is -2.15. The highest BCUT2D eigenvalue weighted by molar-refractivity contribution is 6.08. The van der Waals surface area contributed by atoms with Gasteiger partial charge in [0.25, 0.3) is 0 Å². The normalized spacial score (nSPS) is 18.6. The molecule has 1 aromatic heterocycles. The average Bonchev–Trinajstić information content (AvgIpc) is 3.06. The van der Waals surface area contributed by atoms with Crippen molar-refractivity contribution < 1.29 is 23.8 Å². The largest absolute Gasteiger partial charge is 0.468 e. The van der Waals surface area contributed by atoms with Crippen LogP contribution >= 0.6 is 0 Å². The average molecular weight is 348 g/mol. The van der Waals surface area contributed by atoms with Crippen LogP contribution in [0.25, 0.3) is 0 Å². The summed E-state index contributed by atoms with van der Waals surface area (Å²) in [5.74, 6) is -0.335. The van der Waals surface area contributed by atoms with E-state index in [0.29, 0.717) is 31.6 Å². The van der Waals surface area contributed by atoms with Gasteiger partial charge in [-0.1, -0.05) is 0 Å². The Labute approximate surface area is 147 Å². The molecule has 1 aromatic rings. The summed E-state index contributed by atoms with van der Waals surface area (Å²) in [6, 6.07) is 0. The molecule has 1 saturated heterocycles. The van der Waals surface area contributed by atoms with Crippen molar-refractivity contribution in [2.24, 2.45) is 0 Å². The summed E-state index contributed by atoms with van der Waals surface area (Å²) < 4.78 is 15.4. The third-order valence-corrected chi connectivity index (χ3v) is 5.28. The molecule has 0 radical (unpaired) electrons. The van der Waals surface area contributed by atoms with Gasteiger partial charge in [0.05, 0.1) is 27.4 Å². The third kappa shape index (κ3) is 2.57. The Morgan fingerprint density at radius 1 is 1.12 bits per heavy atom. The molecule has 3 rings (SSSR count). The van der Waals surface area contributed by atoms with E-state index in [-0.39, 0.29) is 0 Å². The van der Waals surface area contributed by atoms with E-state index in [1.54, 1.807) is 0 Å². The number of anilines is 1. The number of pyridine rings is 1. The molecule has 2 heterocycles. The third-order valence-electron chi connectivity index (χ3n) is 5.28. The van der Waals surface area contributed by atoms with Crippen LogP contribution in [0.1, 0.15) is 28.8 Å². The Kier molecular flexibility index (Phi) is 4.69. The number of aromatic nitrogens is 1. The molecule has 1 fully saturated rings. The minimum Gasteiger partial charge on any atom is -0.468 e. The number of carbonyl (C=O) groups excluding carboxylic acids is 2. The number of methoxy groups -OCH3 is 2. The Morgan fingerprint density at radius 3 is 2.28 bits per heavy atom. The van der Waals surface area contributed by atoms with Crippen LogP contribution in [0.15, 0.2) is 0 Å². The van der Waals surface area contributed by atoms with Gasteiger partial charge in [-0.05, 0) is 43.4 Å². The van der Waals surface area contributed by atoms with E-state index < -0.39 is 17.4 Å². The standard InChI is InChI=1S/C18H24N2O5/c1-11-14-13(5-6-18(14,16(21)23-3)17(22)24-4)12(2)19-15(11)20-7-9-25-10-8-20/h5-10H2,1-4H3. The lowest BCUT2D eigenvalue weighted by molar-refractivity contribution is -0.162. The molecule has 0 N–H and O–H groups in total. The first-order valence-corrected chi connectivity index (χ1v) is 8.47. The minimum atomic E-state index is -1.41. The molecule has 0 bridgehead atoms. The molecule has 0 spiro atoms. The first kappa shape index (κ1) is 17.7. The molecule has 0 aromatic carbocycles. The number of nitrogens with zero attached hydrogens (tertiary/aromatic N) is 2. The predicted octanol–water partition coefficient (Wildman–Crippen LogP) is 1.07. The number of aryl methyl sites for hydroxylation is 1. The second-order valence-corrected chi connectivity index (χ2v) is 6.49. The van der Waals surface area contributed by atoms with E-state index in [2.05, 4.69) is 4.90 Å². The zero-order chi connectivity index (χ0) is 18.2. The maximum atomic E-state index is 12.7. The minimum absolute atomic E-state index is 0.345. The van der Waals surface area contributed by atoms with E-state index in [4.69, 9.17) is 19.2 Å². The molecule has 7 nitrogen and oxygen atoms in total. The first-order chi connectivity index (χ1) is 12.0. The molecule has 0 amide bonds. The van der Waals surface area contributed by atoms with Gasteiger partial charge in [0.1, 0.15) is 5.82 Å². The van der Waals surface area contributed by atoms with E-state index in [9.17, 15) is 9.59 Å². The predicted molar refractivity (Wildman–Crippen MR) is 90.8 cm³/mol. The lowest BCUT2D eigenvalue weighted by Gasteiger charge is -2.32. The number of fused-ring (bicyclic) bond motifs is 1. The van der Waals surface area contributed by atoms with Gasteiger partial charge in [-0.3, -0.25) is 9.59 Å². The summed E-state index contributed by atoms with van der Waals surface area (Å²) in [6.45, 7) is 6.58. The molecule has 136 valence electrons. The molecule has 25 heavy (non-hydrogen) atoms. The maximum Gasteiger partial charge on any atom is 0.327 e.